The molecule has 5 heteroatoms. The van der Waals surface area contributed by atoms with Crippen molar-refractivity contribution < 1.29 is 4.74 Å². The third-order valence-corrected chi connectivity index (χ3v) is 4.21. The van der Waals surface area contributed by atoms with Crippen LogP contribution in [0.5, 0.6) is 11.6 Å². The SMILES string of the molecule is CNc1ccnc(Oc2cccc3c2ccn3Cc2ccccc2)c1.Cl. The minimum absolute atomic E-state index is 0. The summed E-state index contributed by atoms with van der Waals surface area (Å²) in [4.78, 5) is 4.29. The average Bonchev–Trinajstić information content (AvgIpc) is 3.07. The van der Waals surface area contributed by atoms with E-state index in [1.165, 1.54) is 5.56 Å². The largest absolute Gasteiger partial charge is 0.438 e. The second kappa shape index (κ2) is 7.93. The van der Waals surface area contributed by atoms with Crippen LogP contribution in [-0.2, 0) is 6.54 Å². The minimum atomic E-state index is 0. The van der Waals surface area contributed by atoms with Gasteiger partial charge in [0.2, 0.25) is 5.88 Å². The fourth-order valence-electron chi connectivity index (χ4n) is 2.94. The van der Waals surface area contributed by atoms with Crippen molar-refractivity contribution in [1.29, 1.82) is 0 Å². The number of nitrogens with zero attached hydrogens (tertiary/aromatic N) is 2. The van der Waals surface area contributed by atoms with E-state index < -0.39 is 0 Å². The summed E-state index contributed by atoms with van der Waals surface area (Å²) in [6.07, 6.45) is 3.84. The molecule has 2 aromatic heterocycles. The number of halogens is 1. The summed E-state index contributed by atoms with van der Waals surface area (Å²) in [7, 11) is 1.88. The lowest BCUT2D eigenvalue weighted by Crippen LogP contribution is -1.97. The first-order chi connectivity index (χ1) is 12.3. The molecule has 4 rings (SSSR count). The van der Waals surface area contributed by atoms with Crippen molar-refractivity contribution in [3.63, 3.8) is 0 Å². The molecule has 0 radical (unpaired) electrons. The van der Waals surface area contributed by atoms with E-state index in [9.17, 15) is 0 Å². The van der Waals surface area contributed by atoms with Crippen LogP contribution in [0.2, 0.25) is 0 Å². The van der Waals surface area contributed by atoms with E-state index in [4.69, 9.17) is 4.74 Å². The predicted molar refractivity (Wildman–Crippen MR) is 109 cm³/mol. The number of nitrogens with one attached hydrogen (secondary N) is 1. The lowest BCUT2D eigenvalue weighted by atomic mass is 10.2. The molecule has 2 heterocycles. The van der Waals surface area contributed by atoms with Gasteiger partial charge in [0.05, 0.1) is 5.52 Å². The van der Waals surface area contributed by atoms with E-state index in [0.717, 1.165) is 28.9 Å². The van der Waals surface area contributed by atoms with Gasteiger partial charge in [-0.25, -0.2) is 4.98 Å². The Morgan fingerprint density at radius 2 is 1.85 bits per heavy atom. The molecule has 26 heavy (non-hydrogen) atoms. The van der Waals surface area contributed by atoms with Gasteiger partial charge < -0.3 is 14.6 Å². The number of hydrogen-bond donors (Lipinski definition) is 1. The number of fused-ring (bicyclic) bond motifs is 1. The zero-order valence-corrected chi connectivity index (χ0v) is 15.2. The molecular weight excluding hydrogens is 346 g/mol. The van der Waals surface area contributed by atoms with Crippen LogP contribution in [0.25, 0.3) is 10.9 Å². The highest BCUT2D eigenvalue weighted by Crippen LogP contribution is 2.31. The van der Waals surface area contributed by atoms with E-state index in [1.807, 2.05) is 37.4 Å². The molecule has 2 aromatic carbocycles. The van der Waals surface area contributed by atoms with Gasteiger partial charge in [-0.05, 0) is 29.8 Å². The van der Waals surface area contributed by atoms with Crippen LogP contribution < -0.4 is 10.1 Å². The van der Waals surface area contributed by atoms with Gasteiger partial charge in [-0.3, -0.25) is 0 Å². The highest BCUT2D eigenvalue weighted by atomic mass is 35.5. The van der Waals surface area contributed by atoms with Crippen LogP contribution in [0.15, 0.2) is 79.1 Å². The Morgan fingerprint density at radius 1 is 1.00 bits per heavy atom. The first kappa shape index (κ1) is 17.8. The maximum Gasteiger partial charge on any atom is 0.221 e. The van der Waals surface area contributed by atoms with E-state index >= 15 is 0 Å². The fraction of sp³-hybridized carbons (Fsp3) is 0.0952. The molecular formula is C21H20ClN3O. The molecule has 0 aliphatic heterocycles. The Bertz CT molecular complexity index is 999. The molecule has 0 atom stereocenters. The summed E-state index contributed by atoms with van der Waals surface area (Å²) in [6, 6.07) is 22.4. The Kier molecular flexibility index (Phi) is 5.44. The summed E-state index contributed by atoms with van der Waals surface area (Å²) < 4.78 is 8.26. The van der Waals surface area contributed by atoms with Crippen molar-refractivity contribution in [1.82, 2.24) is 9.55 Å². The zero-order valence-electron chi connectivity index (χ0n) is 14.4. The number of pyridine rings is 1. The van der Waals surface area contributed by atoms with Crippen LogP contribution in [0.4, 0.5) is 5.69 Å². The zero-order chi connectivity index (χ0) is 17.1. The lowest BCUT2D eigenvalue weighted by Gasteiger charge is -2.09. The van der Waals surface area contributed by atoms with Crippen LogP contribution in [0.3, 0.4) is 0 Å². The summed E-state index contributed by atoms with van der Waals surface area (Å²) in [6.45, 7) is 0.835. The van der Waals surface area contributed by atoms with Gasteiger partial charge in [-0.15, -0.1) is 12.4 Å². The molecule has 1 N–H and O–H groups in total. The molecule has 4 nitrogen and oxygen atoms in total. The molecule has 0 saturated carbocycles. The van der Waals surface area contributed by atoms with Crippen molar-refractivity contribution in [3.8, 4) is 11.6 Å². The smallest absolute Gasteiger partial charge is 0.221 e. The maximum absolute atomic E-state index is 6.03. The Balaban J connectivity index is 0.00000196. The van der Waals surface area contributed by atoms with Gasteiger partial charge >= 0.3 is 0 Å². The summed E-state index contributed by atoms with van der Waals surface area (Å²) >= 11 is 0. The third-order valence-electron chi connectivity index (χ3n) is 4.21. The van der Waals surface area contributed by atoms with Crippen LogP contribution >= 0.6 is 12.4 Å². The normalized spacial score (nSPS) is 10.3. The van der Waals surface area contributed by atoms with Gasteiger partial charge in [-0.2, -0.15) is 0 Å². The highest BCUT2D eigenvalue weighted by Gasteiger charge is 2.09. The monoisotopic (exact) mass is 365 g/mol. The van der Waals surface area contributed by atoms with Crippen LogP contribution in [-0.4, -0.2) is 16.6 Å². The maximum atomic E-state index is 6.03. The Morgan fingerprint density at radius 3 is 2.65 bits per heavy atom. The van der Waals surface area contributed by atoms with Crippen LogP contribution in [0, 0.1) is 0 Å². The molecule has 4 aromatic rings. The first-order valence-corrected chi connectivity index (χ1v) is 8.27. The van der Waals surface area contributed by atoms with E-state index in [-0.39, 0.29) is 12.4 Å². The first-order valence-electron chi connectivity index (χ1n) is 8.27. The topological polar surface area (TPSA) is 39.1 Å². The fourth-order valence-corrected chi connectivity index (χ4v) is 2.94. The number of rotatable bonds is 5. The van der Waals surface area contributed by atoms with Gasteiger partial charge in [0, 0.05) is 43.1 Å². The van der Waals surface area contributed by atoms with Gasteiger partial charge in [0.25, 0.3) is 0 Å². The summed E-state index contributed by atoms with van der Waals surface area (Å²) in [5.41, 5.74) is 3.39. The highest BCUT2D eigenvalue weighted by molar-refractivity contribution is 5.86. The number of aromatic nitrogens is 2. The van der Waals surface area contributed by atoms with Gasteiger partial charge in [-0.1, -0.05) is 36.4 Å². The molecule has 0 spiro atoms. The Labute approximate surface area is 158 Å². The van der Waals surface area contributed by atoms with E-state index in [0.29, 0.717) is 5.88 Å². The molecule has 0 aliphatic rings. The average molecular weight is 366 g/mol. The molecule has 0 unspecified atom stereocenters. The minimum Gasteiger partial charge on any atom is -0.438 e. The van der Waals surface area contributed by atoms with Gasteiger partial charge in [0.1, 0.15) is 5.75 Å². The van der Waals surface area contributed by atoms with Crippen molar-refractivity contribution in [2.45, 2.75) is 6.54 Å². The number of anilines is 1. The number of benzene rings is 2. The third kappa shape index (κ3) is 3.65. The molecule has 0 bridgehead atoms. The summed E-state index contributed by atoms with van der Waals surface area (Å²) in [5, 5.41) is 4.18. The molecule has 0 aliphatic carbocycles. The van der Waals surface area contributed by atoms with E-state index in [2.05, 4.69) is 57.5 Å². The van der Waals surface area contributed by atoms with Gasteiger partial charge in [0.15, 0.2) is 0 Å². The van der Waals surface area contributed by atoms with Crippen molar-refractivity contribution in [2.24, 2.45) is 0 Å². The second-order valence-electron chi connectivity index (χ2n) is 5.85. The Hall–Kier alpha value is -2.98. The predicted octanol–water partition coefficient (Wildman–Crippen LogP) is 5.34. The molecule has 0 amide bonds. The molecule has 0 saturated heterocycles. The standard InChI is InChI=1S/C21H19N3O.ClH/c1-22-17-10-12-23-21(14-17)25-20-9-5-8-19-18(20)11-13-24(19)15-16-6-3-2-4-7-16;/h2-14H,15H2,1H3,(H,22,23);1H. The number of hydrogen-bond acceptors (Lipinski definition) is 3. The van der Waals surface area contributed by atoms with E-state index in [1.54, 1.807) is 6.20 Å². The van der Waals surface area contributed by atoms with Crippen LogP contribution in [0.1, 0.15) is 5.56 Å². The number of ether oxygens (including phenoxy) is 1. The van der Waals surface area contributed by atoms with Crippen molar-refractivity contribution in [3.05, 3.63) is 84.7 Å². The quantitative estimate of drug-likeness (QED) is 0.518. The van der Waals surface area contributed by atoms with Crippen molar-refractivity contribution >= 4 is 29.0 Å². The molecule has 132 valence electrons. The lowest BCUT2D eigenvalue weighted by molar-refractivity contribution is 0.468. The molecule has 0 fully saturated rings. The summed E-state index contributed by atoms with van der Waals surface area (Å²) in [5.74, 6) is 1.39. The second-order valence-corrected chi connectivity index (χ2v) is 5.85. The van der Waals surface area contributed by atoms with Crippen molar-refractivity contribution in [2.75, 3.05) is 12.4 Å².